The van der Waals surface area contributed by atoms with Gasteiger partial charge in [0.05, 0.1) is 0 Å². The summed E-state index contributed by atoms with van der Waals surface area (Å²) in [4.78, 5) is 14.3. The van der Waals surface area contributed by atoms with Crippen LogP contribution in [0.2, 0.25) is 5.02 Å². The summed E-state index contributed by atoms with van der Waals surface area (Å²) in [6.45, 7) is 4.35. The molecule has 108 valence electrons. The summed E-state index contributed by atoms with van der Waals surface area (Å²) in [5.74, 6) is -0.315. The monoisotopic (exact) mass is 296 g/mol. The zero-order chi connectivity index (χ0) is 14.3. The molecule has 0 aromatic heterocycles. The van der Waals surface area contributed by atoms with Gasteiger partial charge in [0.1, 0.15) is 5.82 Å². The first kappa shape index (κ1) is 13.8. The van der Waals surface area contributed by atoms with Gasteiger partial charge >= 0.3 is 0 Å². The molecule has 0 radical (unpaired) electrons. The molecule has 3 rings (SSSR count). The summed E-state index contributed by atoms with van der Waals surface area (Å²) in [5, 5.41) is 3.74. The van der Waals surface area contributed by atoms with Gasteiger partial charge in [-0.15, -0.1) is 0 Å². The first-order chi connectivity index (χ1) is 9.58. The van der Waals surface area contributed by atoms with Gasteiger partial charge in [-0.2, -0.15) is 0 Å². The summed E-state index contributed by atoms with van der Waals surface area (Å²) in [6, 6.07) is 5.01. The number of amides is 1. The van der Waals surface area contributed by atoms with Gasteiger partial charge in [-0.05, 0) is 25.5 Å². The van der Waals surface area contributed by atoms with Crippen LogP contribution in [-0.4, -0.2) is 36.5 Å². The summed E-state index contributed by atoms with van der Waals surface area (Å²) >= 11 is 6.07. The van der Waals surface area contributed by atoms with Crippen molar-refractivity contribution in [3.8, 4) is 0 Å². The molecule has 1 aromatic rings. The molecular formula is C15H18ClFN2O. The van der Waals surface area contributed by atoms with Crippen LogP contribution in [-0.2, 0) is 4.79 Å². The summed E-state index contributed by atoms with van der Waals surface area (Å²) in [6.07, 6.45) is 0.706. The molecule has 1 amide bonds. The first-order valence-corrected chi connectivity index (χ1v) is 7.42. The van der Waals surface area contributed by atoms with Gasteiger partial charge in [0.15, 0.2) is 0 Å². The minimum absolute atomic E-state index is 0.0543. The van der Waals surface area contributed by atoms with E-state index in [0.29, 0.717) is 23.0 Å². The van der Waals surface area contributed by atoms with E-state index >= 15 is 0 Å². The lowest BCUT2D eigenvalue weighted by molar-refractivity contribution is -0.133. The van der Waals surface area contributed by atoms with Gasteiger partial charge in [-0.3, -0.25) is 4.79 Å². The predicted molar refractivity (Wildman–Crippen MR) is 76.3 cm³/mol. The normalized spacial score (nSPS) is 29.4. The average Bonchev–Trinajstić information content (AvgIpc) is 3.18. The number of benzene rings is 1. The SMILES string of the molecule is CC1CN(C(=O)C2CC2c2c(F)cccc2Cl)CCN1. The van der Waals surface area contributed by atoms with Gasteiger partial charge in [0.2, 0.25) is 5.91 Å². The van der Waals surface area contributed by atoms with E-state index in [2.05, 4.69) is 12.2 Å². The molecule has 3 nitrogen and oxygen atoms in total. The molecule has 2 fully saturated rings. The fourth-order valence-corrected chi connectivity index (χ4v) is 3.32. The Kier molecular flexibility index (Phi) is 3.69. The Bertz CT molecular complexity index is 516. The number of carbonyl (C=O) groups excluding carboxylic acids is 1. The molecule has 1 aliphatic carbocycles. The topological polar surface area (TPSA) is 32.3 Å². The second-order valence-corrected chi connectivity index (χ2v) is 6.13. The molecule has 2 aliphatic rings. The van der Waals surface area contributed by atoms with E-state index in [-0.39, 0.29) is 23.6 Å². The van der Waals surface area contributed by atoms with Crippen LogP contribution < -0.4 is 5.32 Å². The van der Waals surface area contributed by atoms with E-state index in [4.69, 9.17) is 11.6 Å². The highest BCUT2D eigenvalue weighted by Crippen LogP contribution is 2.51. The third-order valence-electron chi connectivity index (χ3n) is 4.16. The van der Waals surface area contributed by atoms with Crippen molar-refractivity contribution in [2.24, 2.45) is 5.92 Å². The molecular weight excluding hydrogens is 279 g/mol. The second kappa shape index (κ2) is 5.34. The summed E-state index contributed by atoms with van der Waals surface area (Å²) in [7, 11) is 0. The van der Waals surface area contributed by atoms with E-state index in [9.17, 15) is 9.18 Å². The highest BCUT2D eigenvalue weighted by molar-refractivity contribution is 6.31. The lowest BCUT2D eigenvalue weighted by Crippen LogP contribution is -2.51. The van der Waals surface area contributed by atoms with Crippen LogP contribution in [0.1, 0.15) is 24.8 Å². The van der Waals surface area contributed by atoms with Crippen molar-refractivity contribution in [3.63, 3.8) is 0 Å². The number of nitrogens with one attached hydrogen (secondary N) is 1. The van der Waals surface area contributed by atoms with Gasteiger partial charge in [-0.1, -0.05) is 17.7 Å². The van der Waals surface area contributed by atoms with Crippen LogP contribution in [0.15, 0.2) is 18.2 Å². The number of hydrogen-bond donors (Lipinski definition) is 1. The van der Waals surface area contributed by atoms with E-state index < -0.39 is 0 Å². The number of nitrogens with zero attached hydrogens (tertiary/aromatic N) is 1. The van der Waals surface area contributed by atoms with E-state index in [1.54, 1.807) is 12.1 Å². The highest BCUT2D eigenvalue weighted by atomic mass is 35.5. The Morgan fingerprint density at radius 2 is 2.30 bits per heavy atom. The third-order valence-corrected chi connectivity index (χ3v) is 4.49. The van der Waals surface area contributed by atoms with Gasteiger partial charge in [0.25, 0.3) is 0 Å². The van der Waals surface area contributed by atoms with Crippen molar-refractivity contribution in [2.75, 3.05) is 19.6 Å². The molecule has 1 aromatic carbocycles. The molecule has 1 N–H and O–H groups in total. The third kappa shape index (κ3) is 2.54. The average molecular weight is 297 g/mol. The van der Waals surface area contributed by atoms with Crippen LogP contribution in [0.25, 0.3) is 0 Å². The molecule has 0 spiro atoms. The maximum Gasteiger partial charge on any atom is 0.226 e. The highest BCUT2D eigenvalue weighted by Gasteiger charge is 2.48. The van der Waals surface area contributed by atoms with Gasteiger partial charge in [-0.25, -0.2) is 4.39 Å². The molecule has 1 saturated carbocycles. The maximum absolute atomic E-state index is 13.9. The van der Waals surface area contributed by atoms with Crippen molar-refractivity contribution < 1.29 is 9.18 Å². The van der Waals surface area contributed by atoms with Crippen molar-refractivity contribution >= 4 is 17.5 Å². The van der Waals surface area contributed by atoms with Gasteiger partial charge < -0.3 is 10.2 Å². The Hall–Kier alpha value is -1.13. The lowest BCUT2D eigenvalue weighted by Gasteiger charge is -2.32. The second-order valence-electron chi connectivity index (χ2n) is 5.72. The van der Waals surface area contributed by atoms with E-state index in [1.165, 1.54) is 6.07 Å². The molecule has 20 heavy (non-hydrogen) atoms. The van der Waals surface area contributed by atoms with E-state index in [1.807, 2.05) is 4.90 Å². The zero-order valence-corrected chi connectivity index (χ0v) is 12.2. The van der Waals surface area contributed by atoms with E-state index in [0.717, 1.165) is 19.6 Å². The van der Waals surface area contributed by atoms with Crippen LogP contribution >= 0.6 is 11.6 Å². The summed E-state index contributed by atoms with van der Waals surface area (Å²) < 4.78 is 13.9. The number of hydrogen-bond acceptors (Lipinski definition) is 2. The van der Waals surface area contributed by atoms with Crippen LogP contribution in [0, 0.1) is 11.7 Å². The minimum Gasteiger partial charge on any atom is -0.340 e. The van der Waals surface area contributed by atoms with Gasteiger partial charge in [0, 0.05) is 48.1 Å². The minimum atomic E-state index is -0.300. The number of halogens is 2. The largest absolute Gasteiger partial charge is 0.340 e. The Labute approximate surface area is 123 Å². The van der Waals surface area contributed by atoms with Crippen LogP contribution in [0.4, 0.5) is 4.39 Å². The van der Waals surface area contributed by atoms with Crippen LogP contribution in [0.5, 0.6) is 0 Å². The number of carbonyl (C=O) groups is 1. The maximum atomic E-state index is 13.9. The Morgan fingerprint density at radius 1 is 1.50 bits per heavy atom. The molecule has 1 aliphatic heterocycles. The molecule has 3 unspecified atom stereocenters. The standard InChI is InChI=1S/C15H18ClFN2O/c1-9-8-19(6-5-18-9)15(20)11-7-10(11)14-12(16)3-2-4-13(14)17/h2-4,9-11,18H,5-8H2,1H3. The fourth-order valence-electron chi connectivity index (χ4n) is 3.02. The van der Waals surface area contributed by atoms with Crippen molar-refractivity contribution in [1.29, 1.82) is 0 Å². The molecule has 1 heterocycles. The Balaban J connectivity index is 1.71. The zero-order valence-electron chi connectivity index (χ0n) is 11.4. The van der Waals surface area contributed by atoms with Crippen LogP contribution in [0.3, 0.4) is 0 Å². The Morgan fingerprint density at radius 3 is 3.00 bits per heavy atom. The molecule has 1 saturated heterocycles. The van der Waals surface area contributed by atoms with Crippen molar-refractivity contribution in [1.82, 2.24) is 10.2 Å². The molecule has 3 atom stereocenters. The number of piperazine rings is 1. The fraction of sp³-hybridized carbons (Fsp3) is 0.533. The predicted octanol–water partition coefficient (Wildman–Crippen LogP) is 2.40. The first-order valence-electron chi connectivity index (χ1n) is 7.04. The molecule has 5 heteroatoms. The van der Waals surface area contributed by atoms with Crippen molar-refractivity contribution in [3.05, 3.63) is 34.6 Å². The molecule has 0 bridgehead atoms. The summed E-state index contributed by atoms with van der Waals surface area (Å²) in [5.41, 5.74) is 0.510. The smallest absolute Gasteiger partial charge is 0.226 e. The quantitative estimate of drug-likeness (QED) is 0.909. The number of rotatable bonds is 2. The van der Waals surface area contributed by atoms with Crippen molar-refractivity contribution in [2.45, 2.75) is 25.3 Å². The lowest BCUT2D eigenvalue weighted by atomic mass is 10.1.